The normalized spacial score (nSPS) is 21.6. The van der Waals surface area contributed by atoms with Crippen LogP contribution in [0.3, 0.4) is 0 Å². The van der Waals surface area contributed by atoms with Gasteiger partial charge in [-0.15, -0.1) is 0 Å². The molecule has 0 amide bonds. The molecule has 2 fully saturated rings. The highest BCUT2D eigenvalue weighted by Gasteiger charge is 2.44. The average molecular weight is 414 g/mol. The summed E-state index contributed by atoms with van der Waals surface area (Å²) in [7, 11) is 0. The molecule has 1 atom stereocenters. The number of morpholine rings is 1. The van der Waals surface area contributed by atoms with E-state index in [1.807, 2.05) is 24.4 Å². The van der Waals surface area contributed by atoms with E-state index in [1.54, 1.807) is 6.20 Å². The lowest BCUT2D eigenvalue weighted by Gasteiger charge is -2.35. The minimum Gasteiger partial charge on any atom is -0.377 e. The summed E-state index contributed by atoms with van der Waals surface area (Å²) in [5.74, 6) is -0.530. The molecule has 9 heteroatoms. The van der Waals surface area contributed by atoms with Crippen LogP contribution in [0.4, 0.5) is 20.4 Å². The molecule has 0 bridgehead atoms. The number of nitrogens with zero attached hydrogens (tertiary/aromatic N) is 4. The van der Waals surface area contributed by atoms with E-state index >= 15 is 0 Å². The van der Waals surface area contributed by atoms with Crippen LogP contribution in [0.2, 0.25) is 0 Å². The number of aromatic amines is 1. The first-order chi connectivity index (χ1) is 14.5. The zero-order valence-corrected chi connectivity index (χ0v) is 16.7. The molecule has 1 aliphatic carbocycles. The fraction of sp³-hybridized carbons (Fsp3) is 0.476. The van der Waals surface area contributed by atoms with Gasteiger partial charge in [-0.3, -0.25) is 0 Å². The Hall–Kier alpha value is -2.81. The van der Waals surface area contributed by atoms with Gasteiger partial charge in [0.15, 0.2) is 5.82 Å². The Bertz CT molecular complexity index is 1050. The minimum absolute atomic E-state index is 0.0403. The number of pyridine rings is 1. The Morgan fingerprint density at radius 1 is 1.30 bits per heavy atom. The fourth-order valence-electron chi connectivity index (χ4n) is 4.19. The summed E-state index contributed by atoms with van der Waals surface area (Å²) in [5.41, 5.74) is 1.65. The van der Waals surface area contributed by atoms with Crippen molar-refractivity contribution in [1.29, 1.82) is 0 Å². The van der Waals surface area contributed by atoms with Crippen LogP contribution in [-0.2, 0) is 4.74 Å². The summed E-state index contributed by atoms with van der Waals surface area (Å²) in [5, 5.41) is 4.20. The van der Waals surface area contributed by atoms with E-state index in [0.29, 0.717) is 31.4 Å². The molecule has 0 spiro atoms. The van der Waals surface area contributed by atoms with Crippen molar-refractivity contribution < 1.29 is 13.5 Å². The van der Waals surface area contributed by atoms with Gasteiger partial charge in [0.05, 0.1) is 19.3 Å². The van der Waals surface area contributed by atoms with Gasteiger partial charge in [0.1, 0.15) is 17.3 Å². The second-order valence-electron chi connectivity index (χ2n) is 8.16. The molecule has 2 aliphatic rings. The summed E-state index contributed by atoms with van der Waals surface area (Å²) in [4.78, 5) is 19.2. The number of hydrogen-bond acceptors (Lipinski definition) is 6. The molecule has 1 unspecified atom stereocenters. The lowest BCUT2D eigenvalue weighted by atomic mass is 9.81. The number of anilines is 2. The van der Waals surface area contributed by atoms with Crippen molar-refractivity contribution in [2.24, 2.45) is 5.92 Å². The molecule has 1 aliphatic heterocycles. The average Bonchev–Trinajstić information content (AvgIpc) is 3.19. The quantitative estimate of drug-likeness (QED) is 0.663. The second-order valence-corrected chi connectivity index (χ2v) is 8.16. The highest BCUT2D eigenvalue weighted by Crippen LogP contribution is 2.42. The maximum absolute atomic E-state index is 13.2. The van der Waals surface area contributed by atoms with Gasteiger partial charge in [0.2, 0.25) is 5.92 Å². The number of H-pyrrole nitrogens is 1. The number of fused-ring (bicyclic) bond motifs is 1. The van der Waals surface area contributed by atoms with E-state index in [0.717, 1.165) is 29.0 Å². The van der Waals surface area contributed by atoms with Crippen molar-refractivity contribution in [3.05, 3.63) is 30.6 Å². The van der Waals surface area contributed by atoms with E-state index in [-0.39, 0.29) is 24.8 Å². The molecule has 7 nitrogen and oxygen atoms in total. The van der Waals surface area contributed by atoms with Crippen LogP contribution in [0.15, 0.2) is 30.6 Å². The van der Waals surface area contributed by atoms with Gasteiger partial charge in [0.25, 0.3) is 0 Å². The fourth-order valence-corrected chi connectivity index (χ4v) is 4.19. The predicted molar refractivity (Wildman–Crippen MR) is 111 cm³/mol. The number of ether oxygens (including phenoxy) is 1. The molecule has 3 aromatic heterocycles. The van der Waals surface area contributed by atoms with Gasteiger partial charge >= 0.3 is 0 Å². The van der Waals surface area contributed by atoms with Crippen LogP contribution in [0.25, 0.3) is 22.4 Å². The third kappa shape index (κ3) is 3.69. The monoisotopic (exact) mass is 414 g/mol. The maximum atomic E-state index is 13.2. The Kier molecular flexibility index (Phi) is 4.77. The highest BCUT2D eigenvalue weighted by molar-refractivity contribution is 5.91. The van der Waals surface area contributed by atoms with Crippen LogP contribution in [0.1, 0.15) is 19.8 Å². The largest absolute Gasteiger partial charge is 0.377 e. The first kappa shape index (κ1) is 19.2. The molecule has 3 aromatic rings. The Balaban J connectivity index is 1.49. The number of rotatable bonds is 5. The van der Waals surface area contributed by atoms with Crippen LogP contribution in [0.5, 0.6) is 0 Å². The first-order valence-corrected chi connectivity index (χ1v) is 10.3. The molecular formula is C21H24F2N6O. The molecule has 1 saturated carbocycles. The third-order valence-electron chi connectivity index (χ3n) is 5.82. The van der Waals surface area contributed by atoms with E-state index in [2.05, 4.69) is 27.1 Å². The summed E-state index contributed by atoms with van der Waals surface area (Å²) >= 11 is 0. The zero-order valence-electron chi connectivity index (χ0n) is 16.7. The summed E-state index contributed by atoms with van der Waals surface area (Å²) in [6.45, 7) is 4.58. The number of hydrogen-bond donors (Lipinski definition) is 2. The van der Waals surface area contributed by atoms with Crippen LogP contribution in [-0.4, -0.2) is 58.2 Å². The van der Waals surface area contributed by atoms with Gasteiger partial charge in [-0.2, -0.15) is 0 Å². The topological polar surface area (TPSA) is 79.0 Å². The lowest BCUT2D eigenvalue weighted by molar-refractivity contribution is -0.106. The SMILES string of the molecule is CC1COCCN1c1cc(NCC2CC(F)(F)C2)nc(-c2ccnc3[nH]ccc23)n1. The number of alkyl halides is 2. The van der Waals surface area contributed by atoms with Crippen LogP contribution in [0, 0.1) is 5.92 Å². The Morgan fingerprint density at radius 3 is 2.97 bits per heavy atom. The molecule has 2 N–H and O–H groups in total. The Morgan fingerprint density at radius 2 is 2.17 bits per heavy atom. The molecule has 158 valence electrons. The summed E-state index contributed by atoms with van der Waals surface area (Å²) < 4.78 is 31.9. The minimum atomic E-state index is -2.52. The van der Waals surface area contributed by atoms with Crippen molar-refractivity contribution in [3.8, 4) is 11.4 Å². The maximum Gasteiger partial charge on any atom is 0.248 e. The Labute approximate surface area is 172 Å². The van der Waals surface area contributed by atoms with Crippen molar-refractivity contribution >= 4 is 22.7 Å². The van der Waals surface area contributed by atoms with E-state index in [1.165, 1.54) is 0 Å². The van der Waals surface area contributed by atoms with Gasteiger partial charge in [-0.1, -0.05) is 0 Å². The summed E-state index contributed by atoms with van der Waals surface area (Å²) in [6, 6.07) is 5.94. The van der Waals surface area contributed by atoms with Gasteiger partial charge in [-0.25, -0.2) is 23.7 Å². The van der Waals surface area contributed by atoms with E-state index in [4.69, 9.17) is 14.7 Å². The van der Waals surface area contributed by atoms with Crippen molar-refractivity contribution in [3.63, 3.8) is 0 Å². The molecule has 4 heterocycles. The number of aromatic nitrogens is 4. The molecule has 0 aromatic carbocycles. The lowest BCUT2D eigenvalue weighted by Crippen LogP contribution is -2.44. The van der Waals surface area contributed by atoms with E-state index < -0.39 is 5.92 Å². The van der Waals surface area contributed by atoms with Crippen LogP contribution < -0.4 is 10.2 Å². The second kappa shape index (κ2) is 7.46. The third-order valence-corrected chi connectivity index (χ3v) is 5.82. The van der Waals surface area contributed by atoms with E-state index in [9.17, 15) is 8.78 Å². The number of nitrogens with one attached hydrogen (secondary N) is 2. The van der Waals surface area contributed by atoms with Gasteiger partial charge in [-0.05, 0) is 25.0 Å². The zero-order chi connectivity index (χ0) is 20.7. The van der Waals surface area contributed by atoms with Gasteiger partial charge in [0, 0.05) is 55.3 Å². The van der Waals surface area contributed by atoms with Crippen molar-refractivity contribution in [2.75, 3.05) is 36.5 Å². The smallest absolute Gasteiger partial charge is 0.248 e. The molecule has 5 rings (SSSR count). The molecule has 0 radical (unpaired) electrons. The van der Waals surface area contributed by atoms with Gasteiger partial charge < -0.3 is 19.9 Å². The molecular weight excluding hydrogens is 390 g/mol. The highest BCUT2D eigenvalue weighted by atomic mass is 19.3. The standard InChI is InChI=1S/C21H24F2N6O/c1-13-12-30-7-6-29(13)18-8-17(26-11-14-9-21(22,23)10-14)27-20(28-18)16-3-5-25-19-15(16)2-4-24-19/h2-5,8,13-14H,6-7,9-12H2,1H3,(H,24,25)(H,26,27,28). The number of halogens is 2. The predicted octanol–water partition coefficient (Wildman–Crippen LogP) is 3.70. The van der Waals surface area contributed by atoms with Crippen molar-refractivity contribution in [2.45, 2.75) is 31.7 Å². The first-order valence-electron chi connectivity index (χ1n) is 10.3. The molecule has 1 saturated heterocycles. The summed E-state index contributed by atoms with van der Waals surface area (Å²) in [6.07, 6.45) is 3.43. The molecule has 30 heavy (non-hydrogen) atoms. The van der Waals surface area contributed by atoms with Crippen LogP contribution >= 0.6 is 0 Å². The van der Waals surface area contributed by atoms with Crippen molar-refractivity contribution in [1.82, 2.24) is 19.9 Å².